The van der Waals surface area contributed by atoms with Crippen LogP contribution in [0.15, 0.2) is 12.1 Å². The Labute approximate surface area is 78.5 Å². The summed E-state index contributed by atoms with van der Waals surface area (Å²) >= 11 is 0. The van der Waals surface area contributed by atoms with Gasteiger partial charge in [-0.1, -0.05) is 0 Å². The zero-order chi connectivity index (χ0) is 10.7. The van der Waals surface area contributed by atoms with Crippen molar-refractivity contribution in [1.29, 1.82) is 5.26 Å². The second kappa shape index (κ2) is 4.11. The minimum atomic E-state index is -1.29. The Morgan fingerprint density at radius 1 is 1.21 bits per heavy atom. The predicted molar refractivity (Wildman–Crippen MR) is 41.7 cm³/mol. The van der Waals surface area contributed by atoms with Gasteiger partial charge in [0, 0.05) is 18.7 Å². The van der Waals surface area contributed by atoms with Crippen molar-refractivity contribution in [3.05, 3.63) is 35.1 Å². The molecule has 0 saturated carbocycles. The van der Waals surface area contributed by atoms with Gasteiger partial charge in [0.1, 0.15) is 5.82 Å². The van der Waals surface area contributed by atoms with Gasteiger partial charge < -0.3 is 4.74 Å². The number of methoxy groups -OCH3 is 1. The Hall–Kier alpha value is -1.54. The van der Waals surface area contributed by atoms with E-state index in [0.29, 0.717) is 12.1 Å². The van der Waals surface area contributed by atoms with Gasteiger partial charge in [0.25, 0.3) is 0 Å². The van der Waals surface area contributed by atoms with Gasteiger partial charge in [-0.05, 0) is 6.07 Å². The molecule has 1 aromatic rings. The number of hydrogen-bond donors (Lipinski definition) is 0. The van der Waals surface area contributed by atoms with E-state index in [1.54, 1.807) is 6.07 Å². The molecule has 0 aromatic heterocycles. The molecule has 74 valence electrons. The molecule has 0 amide bonds. The van der Waals surface area contributed by atoms with Crippen molar-refractivity contribution in [3.8, 4) is 6.07 Å². The number of benzene rings is 1. The molecule has 2 nitrogen and oxygen atoms in total. The summed E-state index contributed by atoms with van der Waals surface area (Å²) in [7, 11) is 1.18. The fourth-order valence-corrected chi connectivity index (χ4v) is 0.988. The van der Waals surface area contributed by atoms with E-state index in [1.165, 1.54) is 7.11 Å². The maximum atomic E-state index is 13.0. The molecule has 0 bridgehead atoms. The third-order valence-electron chi connectivity index (χ3n) is 1.68. The first-order chi connectivity index (χ1) is 6.60. The monoisotopic (exact) mass is 201 g/mol. The molecule has 1 aromatic carbocycles. The maximum absolute atomic E-state index is 13.0. The summed E-state index contributed by atoms with van der Waals surface area (Å²) in [4.78, 5) is 0. The van der Waals surface area contributed by atoms with E-state index in [0.717, 1.165) is 0 Å². The average Bonchev–Trinajstić information content (AvgIpc) is 2.15. The Bertz CT molecular complexity index is 386. The van der Waals surface area contributed by atoms with Crippen LogP contribution in [0.25, 0.3) is 0 Å². The number of halogens is 3. The Morgan fingerprint density at radius 3 is 2.29 bits per heavy atom. The number of rotatable bonds is 2. The van der Waals surface area contributed by atoms with E-state index in [1.807, 2.05) is 0 Å². The second-order valence-electron chi connectivity index (χ2n) is 2.53. The van der Waals surface area contributed by atoms with Gasteiger partial charge in [-0.25, -0.2) is 13.2 Å². The third kappa shape index (κ3) is 1.86. The van der Waals surface area contributed by atoms with E-state index in [9.17, 15) is 13.2 Å². The number of nitriles is 1. The van der Waals surface area contributed by atoms with Crippen LogP contribution >= 0.6 is 0 Å². The van der Waals surface area contributed by atoms with E-state index >= 15 is 0 Å². The van der Waals surface area contributed by atoms with E-state index < -0.39 is 23.6 Å². The quantitative estimate of drug-likeness (QED) is 0.688. The van der Waals surface area contributed by atoms with Crippen molar-refractivity contribution in [2.75, 3.05) is 7.11 Å². The summed E-state index contributed by atoms with van der Waals surface area (Å²) < 4.78 is 42.8. The molecular weight excluding hydrogens is 195 g/mol. The van der Waals surface area contributed by atoms with Gasteiger partial charge in [0.2, 0.25) is 0 Å². The first-order valence-corrected chi connectivity index (χ1v) is 3.67. The van der Waals surface area contributed by atoms with Crippen molar-refractivity contribution < 1.29 is 17.9 Å². The highest BCUT2D eigenvalue weighted by molar-refractivity contribution is 5.25. The molecule has 1 atom stereocenters. The van der Waals surface area contributed by atoms with Crippen molar-refractivity contribution in [2.24, 2.45) is 0 Å². The Balaban J connectivity index is 3.22. The van der Waals surface area contributed by atoms with Crippen LogP contribution in [0.4, 0.5) is 13.2 Å². The van der Waals surface area contributed by atoms with Gasteiger partial charge in [0.05, 0.1) is 6.07 Å². The highest BCUT2D eigenvalue weighted by atomic mass is 19.2. The molecule has 0 aliphatic heterocycles. The lowest BCUT2D eigenvalue weighted by molar-refractivity contribution is 0.144. The number of hydrogen-bond acceptors (Lipinski definition) is 2. The van der Waals surface area contributed by atoms with Crippen molar-refractivity contribution in [3.63, 3.8) is 0 Å². The summed E-state index contributed by atoms with van der Waals surface area (Å²) in [6.45, 7) is 0. The van der Waals surface area contributed by atoms with Gasteiger partial charge in [0.15, 0.2) is 17.7 Å². The predicted octanol–water partition coefficient (Wildman–Crippen LogP) is 2.31. The highest BCUT2D eigenvalue weighted by Gasteiger charge is 2.17. The Kier molecular flexibility index (Phi) is 3.10. The van der Waals surface area contributed by atoms with Crippen LogP contribution in [0.2, 0.25) is 0 Å². The molecule has 0 aliphatic rings. The van der Waals surface area contributed by atoms with Crippen molar-refractivity contribution in [1.82, 2.24) is 0 Å². The molecule has 0 radical (unpaired) electrons. The third-order valence-corrected chi connectivity index (χ3v) is 1.68. The molecule has 0 fully saturated rings. The minimum Gasteiger partial charge on any atom is -0.362 e. The van der Waals surface area contributed by atoms with Crippen LogP contribution in [-0.2, 0) is 4.74 Å². The SMILES string of the molecule is COC(C#N)c1cc(F)c(F)cc1F. The van der Waals surface area contributed by atoms with Crippen LogP contribution < -0.4 is 0 Å². The van der Waals surface area contributed by atoms with Crippen LogP contribution in [0.5, 0.6) is 0 Å². The summed E-state index contributed by atoms with van der Waals surface area (Å²) in [6.07, 6.45) is -1.23. The zero-order valence-corrected chi connectivity index (χ0v) is 7.22. The van der Waals surface area contributed by atoms with Gasteiger partial charge in [-0.2, -0.15) is 5.26 Å². The maximum Gasteiger partial charge on any atom is 0.171 e. The molecule has 1 rings (SSSR count). The first kappa shape index (κ1) is 10.5. The lowest BCUT2D eigenvalue weighted by Gasteiger charge is -2.08. The van der Waals surface area contributed by atoms with E-state index in [2.05, 4.69) is 4.74 Å². The molecule has 5 heteroatoms. The molecule has 0 N–H and O–H groups in total. The van der Waals surface area contributed by atoms with Gasteiger partial charge >= 0.3 is 0 Å². The molecule has 0 heterocycles. The van der Waals surface area contributed by atoms with Gasteiger partial charge in [-0.3, -0.25) is 0 Å². The summed E-state index contributed by atoms with van der Waals surface area (Å²) in [6, 6.07) is 2.60. The van der Waals surface area contributed by atoms with Crippen LogP contribution in [0.1, 0.15) is 11.7 Å². The lowest BCUT2D eigenvalue weighted by atomic mass is 10.1. The largest absolute Gasteiger partial charge is 0.362 e. The van der Waals surface area contributed by atoms with Crippen molar-refractivity contribution in [2.45, 2.75) is 6.10 Å². The normalized spacial score (nSPS) is 12.2. The Morgan fingerprint density at radius 2 is 1.79 bits per heavy atom. The van der Waals surface area contributed by atoms with Crippen LogP contribution in [0.3, 0.4) is 0 Å². The summed E-state index contributed by atoms with van der Waals surface area (Å²) in [5, 5.41) is 8.51. The molecule has 1 unspecified atom stereocenters. The first-order valence-electron chi connectivity index (χ1n) is 3.67. The highest BCUT2D eigenvalue weighted by Crippen LogP contribution is 2.21. The number of ether oxygens (including phenoxy) is 1. The van der Waals surface area contributed by atoms with Crippen LogP contribution in [-0.4, -0.2) is 7.11 Å². The second-order valence-corrected chi connectivity index (χ2v) is 2.53. The standard InChI is InChI=1S/C9H6F3NO/c1-14-9(4-13)5-2-7(11)8(12)3-6(5)10/h2-3,9H,1H3. The topological polar surface area (TPSA) is 33.0 Å². The minimum absolute atomic E-state index is 0.311. The fraction of sp³-hybridized carbons (Fsp3) is 0.222. The molecule has 0 aliphatic carbocycles. The summed E-state index contributed by atoms with van der Waals surface area (Å²) in [5.74, 6) is -3.50. The zero-order valence-electron chi connectivity index (χ0n) is 7.22. The average molecular weight is 201 g/mol. The van der Waals surface area contributed by atoms with Gasteiger partial charge in [-0.15, -0.1) is 0 Å². The van der Waals surface area contributed by atoms with E-state index in [-0.39, 0.29) is 5.56 Å². The van der Waals surface area contributed by atoms with Crippen LogP contribution in [0, 0.1) is 28.8 Å². The number of nitrogens with zero attached hydrogens (tertiary/aromatic N) is 1. The summed E-state index contributed by atoms with van der Waals surface area (Å²) in [5.41, 5.74) is -0.311. The lowest BCUT2D eigenvalue weighted by Crippen LogP contribution is -2.03. The molecular formula is C9H6F3NO. The smallest absolute Gasteiger partial charge is 0.171 e. The van der Waals surface area contributed by atoms with Crippen molar-refractivity contribution >= 4 is 0 Å². The van der Waals surface area contributed by atoms with E-state index in [4.69, 9.17) is 5.26 Å². The molecule has 0 saturated heterocycles. The molecule has 14 heavy (non-hydrogen) atoms. The fourth-order valence-electron chi connectivity index (χ4n) is 0.988. The molecule has 0 spiro atoms.